The molecule has 1 aromatic carbocycles. The molecule has 2 atom stereocenters. The topological polar surface area (TPSA) is 88.3 Å². The fraction of sp³-hybridized carbons (Fsp3) is 0.417. The van der Waals surface area contributed by atoms with Gasteiger partial charge in [-0.05, 0) is 37.3 Å². The third-order valence-electron chi connectivity index (χ3n) is 5.84. The van der Waals surface area contributed by atoms with Gasteiger partial charge in [0.15, 0.2) is 0 Å². The second kappa shape index (κ2) is 10.1. The Bertz CT molecular complexity index is 1050. The molecular weight excluding hydrogens is 424 g/mol. The second-order valence-electron chi connectivity index (χ2n) is 8.18. The van der Waals surface area contributed by atoms with Crippen LogP contribution in [-0.4, -0.2) is 39.4 Å². The summed E-state index contributed by atoms with van der Waals surface area (Å²) in [7, 11) is 0. The van der Waals surface area contributed by atoms with E-state index in [0.29, 0.717) is 31.7 Å². The van der Waals surface area contributed by atoms with Gasteiger partial charge in [-0.1, -0.05) is 42.8 Å². The molecule has 3 heterocycles. The Hall–Kier alpha value is -3.00. The molecule has 0 bridgehead atoms. The van der Waals surface area contributed by atoms with Crippen LogP contribution < -0.4 is 5.32 Å². The van der Waals surface area contributed by atoms with Crippen LogP contribution in [0.4, 0.5) is 0 Å². The van der Waals surface area contributed by atoms with E-state index in [9.17, 15) is 9.59 Å². The first-order valence-electron chi connectivity index (χ1n) is 11.1. The number of hydrogen-bond donors (Lipinski definition) is 1. The third-order valence-corrected chi connectivity index (χ3v) is 6.66. The van der Waals surface area contributed by atoms with Crippen molar-refractivity contribution in [1.29, 1.82) is 0 Å². The van der Waals surface area contributed by atoms with Crippen LogP contribution >= 0.6 is 11.3 Å². The van der Waals surface area contributed by atoms with Crippen LogP contribution in [0.25, 0.3) is 10.4 Å². The summed E-state index contributed by atoms with van der Waals surface area (Å²) in [6.45, 7) is 4.90. The minimum atomic E-state index is -0.442. The minimum Gasteiger partial charge on any atom is -0.360 e. The summed E-state index contributed by atoms with van der Waals surface area (Å²) >= 11 is 1.60. The van der Waals surface area contributed by atoms with Gasteiger partial charge in [-0.3, -0.25) is 14.6 Å². The van der Waals surface area contributed by atoms with Gasteiger partial charge >= 0.3 is 0 Å². The Morgan fingerprint density at radius 2 is 2.12 bits per heavy atom. The number of aromatic nitrogens is 2. The molecule has 32 heavy (non-hydrogen) atoms. The summed E-state index contributed by atoms with van der Waals surface area (Å²) < 4.78 is 5.40. The molecule has 2 aromatic heterocycles. The van der Waals surface area contributed by atoms with Crippen molar-refractivity contribution in [3.8, 4) is 10.4 Å². The molecule has 1 aliphatic heterocycles. The van der Waals surface area contributed by atoms with Gasteiger partial charge in [0.2, 0.25) is 11.8 Å². The van der Waals surface area contributed by atoms with Crippen molar-refractivity contribution in [2.24, 2.45) is 0 Å². The third kappa shape index (κ3) is 4.91. The number of nitrogens with one attached hydrogen (secondary N) is 1. The van der Waals surface area contributed by atoms with Crippen LogP contribution in [0.15, 0.2) is 46.6 Å². The highest BCUT2D eigenvalue weighted by Gasteiger charge is 2.38. The molecule has 168 valence electrons. The fourth-order valence-electron chi connectivity index (χ4n) is 4.18. The Kier molecular flexibility index (Phi) is 6.99. The van der Waals surface area contributed by atoms with E-state index in [2.05, 4.69) is 15.5 Å². The smallest absolute Gasteiger partial charge is 0.243 e. The number of benzene rings is 1. The lowest BCUT2D eigenvalue weighted by Gasteiger charge is -2.27. The van der Waals surface area contributed by atoms with Crippen molar-refractivity contribution >= 4 is 23.2 Å². The number of carbonyl (C=O) groups is 2. The largest absolute Gasteiger partial charge is 0.360 e. The summed E-state index contributed by atoms with van der Waals surface area (Å²) in [5.74, 6) is 0.0382. The highest BCUT2D eigenvalue weighted by atomic mass is 32.1. The molecule has 4 rings (SSSR count). The quantitative estimate of drug-likeness (QED) is 0.551. The number of likely N-dealkylation sites (tertiary alicyclic amines) is 1. The number of nitrogens with zero attached hydrogens (tertiary/aromatic N) is 3. The van der Waals surface area contributed by atoms with Crippen molar-refractivity contribution in [2.45, 2.75) is 58.0 Å². The number of thiazole rings is 1. The lowest BCUT2D eigenvalue weighted by atomic mass is 9.98. The van der Waals surface area contributed by atoms with Crippen molar-refractivity contribution in [3.05, 3.63) is 59.1 Å². The summed E-state index contributed by atoms with van der Waals surface area (Å²) in [5, 5.41) is 6.96. The van der Waals surface area contributed by atoms with E-state index in [1.807, 2.05) is 55.9 Å². The predicted octanol–water partition coefficient (Wildman–Crippen LogP) is 4.30. The number of rotatable bonds is 8. The first-order chi connectivity index (χ1) is 15.6. The molecular formula is C24H28N4O3S. The van der Waals surface area contributed by atoms with Crippen molar-refractivity contribution in [2.75, 3.05) is 6.54 Å². The van der Waals surface area contributed by atoms with E-state index in [-0.39, 0.29) is 11.8 Å². The minimum absolute atomic E-state index is 0.0467. The lowest BCUT2D eigenvalue weighted by Crippen LogP contribution is -2.47. The van der Waals surface area contributed by atoms with Gasteiger partial charge in [-0.15, -0.1) is 11.3 Å². The van der Waals surface area contributed by atoms with Crippen molar-refractivity contribution < 1.29 is 14.1 Å². The van der Waals surface area contributed by atoms with Crippen LogP contribution in [0.1, 0.15) is 55.5 Å². The number of aryl methyl sites for hydroxylation is 1. The Balaban J connectivity index is 1.39. The van der Waals surface area contributed by atoms with E-state index in [1.165, 1.54) is 0 Å². The molecule has 8 heteroatoms. The van der Waals surface area contributed by atoms with Crippen molar-refractivity contribution in [1.82, 2.24) is 20.4 Å². The van der Waals surface area contributed by atoms with Gasteiger partial charge in [0.1, 0.15) is 11.8 Å². The number of amides is 2. The van der Waals surface area contributed by atoms with Gasteiger partial charge in [-0.2, -0.15) is 0 Å². The zero-order valence-electron chi connectivity index (χ0n) is 18.4. The maximum absolute atomic E-state index is 13.3. The Morgan fingerprint density at radius 3 is 2.78 bits per heavy atom. The summed E-state index contributed by atoms with van der Waals surface area (Å²) in [5.41, 5.74) is 4.70. The summed E-state index contributed by atoms with van der Waals surface area (Å²) in [6, 6.07) is 9.47. The Labute approximate surface area is 191 Å². The van der Waals surface area contributed by atoms with E-state index in [4.69, 9.17) is 4.52 Å². The number of carbonyl (C=O) groups excluding carboxylic acids is 2. The first kappa shape index (κ1) is 22.2. The molecule has 2 amide bonds. The molecule has 0 radical (unpaired) electrons. The molecule has 0 unspecified atom stereocenters. The fourth-order valence-corrected chi connectivity index (χ4v) is 4.81. The highest BCUT2D eigenvalue weighted by molar-refractivity contribution is 7.13. The average molecular weight is 453 g/mol. The molecule has 0 spiro atoms. The predicted molar refractivity (Wildman–Crippen MR) is 123 cm³/mol. The van der Waals surface area contributed by atoms with Crippen LogP contribution in [0, 0.1) is 6.92 Å². The molecule has 1 fully saturated rings. The molecule has 3 aromatic rings. The maximum Gasteiger partial charge on any atom is 0.243 e. The second-order valence-corrected chi connectivity index (χ2v) is 9.07. The molecule has 1 N–H and O–H groups in total. The Morgan fingerprint density at radius 1 is 1.31 bits per heavy atom. The normalized spacial score (nSPS) is 16.8. The highest BCUT2D eigenvalue weighted by Crippen LogP contribution is 2.29. The van der Waals surface area contributed by atoms with E-state index in [1.54, 1.807) is 16.2 Å². The van der Waals surface area contributed by atoms with Gasteiger partial charge in [0.05, 0.1) is 22.0 Å². The summed E-state index contributed by atoms with van der Waals surface area (Å²) in [4.78, 5) is 33.2. The monoisotopic (exact) mass is 452 g/mol. The maximum atomic E-state index is 13.3. The molecule has 1 saturated heterocycles. The average Bonchev–Trinajstić information content (AvgIpc) is 3.57. The molecule has 0 saturated carbocycles. The van der Waals surface area contributed by atoms with Crippen LogP contribution in [0.3, 0.4) is 0 Å². The first-order valence-corrected chi connectivity index (χ1v) is 11.9. The molecule has 1 aliphatic rings. The zero-order valence-corrected chi connectivity index (χ0v) is 19.2. The van der Waals surface area contributed by atoms with Crippen molar-refractivity contribution in [3.63, 3.8) is 0 Å². The van der Waals surface area contributed by atoms with Gasteiger partial charge in [0, 0.05) is 25.4 Å². The summed E-state index contributed by atoms with van der Waals surface area (Å²) in [6.07, 6.45) is 4.86. The van der Waals surface area contributed by atoms with E-state index in [0.717, 1.165) is 34.5 Å². The van der Waals surface area contributed by atoms with Gasteiger partial charge in [-0.25, -0.2) is 0 Å². The van der Waals surface area contributed by atoms with E-state index < -0.39 is 12.0 Å². The molecule has 7 nitrogen and oxygen atoms in total. The van der Waals surface area contributed by atoms with Gasteiger partial charge in [0.25, 0.3) is 0 Å². The van der Waals surface area contributed by atoms with Crippen LogP contribution in [-0.2, 0) is 16.1 Å². The van der Waals surface area contributed by atoms with Gasteiger partial charge < -0.3 is 14.7 Å². The molecule has 0 aliphatic carbocycles. The lowest BCUT2D eigenvalue weighted by molar-refractivity contribution is -0.140. The van der Waals surface area contributed by atoms with Crippen LogP contribution in [0.2, 0.25) is 0 Å². The SMILES string of the molecule is CCC[C@@H](C(=O)N1CCC[C@H]1C(=O)NCc1ccc(-c2cncs2)cc1)c1cc(C)no1. The number of hydrogen-bond acceptors (Lipinski definition) is 6. The standard InChI is InChI=1S/C24H28N4O3S/c1-3-5-19(21-12-16(2)27-31-21)24(30)28-11-4-6-20(28)23(29)26-13-17-7-9-18(10-8-17)22-14-25-15-32-22/h7-10,12,14-15,19-20H,3-6,11,13H2,1-2H3,(H,26,29)/t19-,20+/m1/s1. The zero-order chi connectivity index (χ0) is 22.5. The van der Waals surface area contributed by atoms with Crippen LogP contribution in [0.5, 0.6) is 0 Å². The van der Waals surface area contributed by atoms with E-state index >= 15 is 0 Å².